The predicted octanol–water partition coefficient (Wildman–Crippen LogP) is 0.973. The van der Waals surface area contributed by atoms with E-state index in [4.69, 9.17) is 0 Å². The molecule has 0 radical (unpaired) electrons. The molecular formula is C12H21NO3S. The Hall–Kier alpha value is -0.550. The number of amides is 1. The number of rotatable bonds is 6. The van der Waals surface area contributed by atoms with Gasteiger partial charge in [0.05, 0.1) is 12.1 Å². The molecule has 1 heterocycles. The van der Waals surface area contributed by atoms with E-state index in [0.717, 1.165) is 12.2 Å². The van der Waals surface area contributed by atoms with Gasteiger partial charge in [-0.3, -0.25) is 9.59 Å². The van der Waals surface area contributed by atoms with Gasteiger partial charge in [-0.2, -0.15) is 11.8 Å². The lowest BCUT2D eigenvalue weighted by molar-refractivity contribution is -0.132. The lowest BCUT2D eigenvalue weighted by atomic mass is 9.96. The van der Waals surface area contributed by atoms with Crippen LogP contribution in [0.3, 0.4) is 0 Å². The first-order valence-electron chi connectivity index (χ1n) is 6.07. The van der Waals surface area contributed by atoms with Crippen LogP contribution < -0.4 is 5.32 Å². The van der Waals surface area contributed by atoms with Crippen molar-refractivity contribution in [1.82, 2.24) is 5.32 Å². The lowest BCUT2D eigenvalue weighted by Crippen LogP contribution is -2.33. The summed E-state index contributed by atoms with van der Waals surface area (Å²) in [5, 5.41) is 13.2. The topological polar surface area (TPSA) is 66.4 Å². The fourth-order valence-corrected chi connectivity index (χ4v) is 2.96. The van der Waals surface area contributed by atoms with Crippen molar-refractivity contribution in [2.24, 2.45) is 5.92 Å². The second kappa shape index (κ2) is 6.40. The summed E-state index contributed by atoms with van der Waals surface area (Å²) in [7, 11) is 0. The summed E-state index contributed by atoms with van der Waals surface area (Å²) in [6, 6.07) is -0.270. The second-order valence-corrected chi connectivity index (χ2v) is 6.12. The molecule has 0 bridgehead atoms. The molecule has 1 amide bonds. The van der Waals surface area contributed by atoms with Crippen LogP contribution in [-0.2, 0) is 9.59 Å². The number of hydrogen-bond acceptors (Lipinski definition) is 4. The minimum Gasteiger partial charge on any atom is -0.390 e. The van der Waals surface area contributed by atoms with E-state index < -0.39 is 12.0 Å². The second-order valence-electron chi connectivity index (χ2n) is 4.57. The van der Waals surface area contributed by atoms with Gasteiger partial charge in [0.25, 0.3) is 0 Å². The molecule has 4 nitrogen and oxygen atoms in total. The molecule has 2 N–H and O–H groups in total. The molecule has 17 heavy (non-hydrogen) atoms. The van der Waals surface area contributed by atoms with Crippen molar-refractivity contribution in [3.05, 3.63) is 0 Å². The number of aliphatic hydroxyl groups excluding tert-OH is 1. The van der Waals surface area contributed by atoms with E-state index in [2.05, 4.69) is 19.2 Å². The quantitative estimate of drug-likeness (QED) is 0.698. The van der Waals surface area contributed by atoms with Gasteiger partial charge in [-0.05, 0) is 25.5 Å². The molecule has 1 saturated heterocycles. The molecule has 0 spiro atoms. The van der Waals surface area contributed by atoms with Gasteiger partial charge in [-0.1, -0.05) is 13.8 Å². The Morgan fingerprint density at radius 1 is 1.59 bits per heavy atom. The molecule has 4 atom stereocenters. The summed E-state index contributed by atoms with van der Waals surface area (Å²) >= 11 is 1.83. The maximum absolute atomic E-state index is 11.5. The molecule has 1 fully saturated rings. The highest BCUT2D eigenvalue weighted by atomic mass is 32.2. The number of aliphatic hydroxyl groups is 1. The monoisotopic (exact) mass is 259 g/mol. The Labute approximate surface area is 107 Å². The Balaban J connectivity index is 2.41. The molecule has 0 aromatic carbocycles. The lowest BCUT2D eigenvalue weighted by Gasteiger charge is -2.16. The van der Waals surface area contributed by atoms with Crippen molar-refractivity contribution >= 4 is 23.5 Å². The Morgan fingerprint density at radius 2 is 2.24 bits per heavy atom. The number of Topliss-reactive ketones (excluding diaryl/α,β-unsaturated/α-hetero) is 1. The Morgan fingerprint density at radius 3 is 2.71 bits per heavy atom. The van der Waals surface area contributed by atoms with Crippen LogP contribution in [0.2, 0.25) is 0 Å². The number of hydrogen-bond donors (Lipinski definition) is 2. The van der Waals surface area contributed by atoms with Crippen LogP contribution in [0.15, 0.2) is 0 Å². The highest BCUT2D eigenvalue weighted by Crippen LogP contribution is 2.22. The maximum Gasteiger partial charge on any atom is 0.233 e. The van der Waals surface area contributed by atoms with Crippen molar-refractivity contribution in [3.8, 4) is 0 Å². The summed E-state index contributed by atoms with van der Waals surface area (Å²) in [5.41, 5.74) is 0. The van der Waals surface area contributed by atoms with Gasteiger partial charge < -0.3 is 10.4 Å². The van der Waals surface area contributed by atoms with Crippen LogP contribution in [0.5, 0.6) is 0 Å². The van der Waals surface area contributed by atoms with E-state index in [-0.39, 0.29) is 17.7 Å². The zero-order valence-corrected chi connectivity index (χ0v) is 11.4. The third-order valence-electron chi connectivity index (χ3n) is 3.21. The van der Waals surface area contributed by atoms with E-state index in [1.54, 1.807) is 0 Å². The molecule has 98 valence electrons. The fraction of sp³-hybridized carbons (Fsp3) is 0.833. The molecule has 1 rings (SSSR count). The average molecular weight is 259 g/mol. The molecule has 0 aliphatic carbocycles. The molecule has 4 unspecified atom stereocenters. The number of carbonyl (C=O) groups excluding carboxylic acids is 2. The summed E-state index contributed by atoms with van der Waals surface area (Å²) in [5.74, 6) is -0.564. The highest BCUT2D eigenvalue weighted by Gasteiger charge is 2.43. The van der Waals surface area contributed by atoms with E-state index in [1.807, 2.05) is 11.8 Å². The van der Waals surface area contributed by atoms with Gasteiger partial charge in [-0.15, -0.1) is 0 Å². The smallest absolute Gasteiger partial charge is 0.233 e. The molecular weight excluding hydrogens is 238 g/mol. The molecule has 5 heteroatoms. The van der Waals surface area contributed by atoms with Gasteiger partial charge >= 0.3 is 0 Å². The van der Waals surface area contributed by atoms with Crippen LogP contribution in [-0.4, -0.2) is 39.9 Å². The minimum absolute atomic E-state index is 0.257. The van der Waals surface area contributed by atoms with Crippen molar-refractivity contribution in [1.29, 1.82) is 0 Å². The summed E-state index contributed by atoms with van der Waals surface area (Å²) in [4.78, 5) is 22.7. The average Bonchev–Trinajstić information content (AvgIpc) is 2.53. The predicted molar refractivity (Wildman–Crippen MR) is 68.9 cm³/mol. The maximum atomic E-state index is 11.5. The van der Waals surface area contributed by atoms with Gasteiger partial charge in [0.1, 0.15) is 11.7 Å². The van der Waals surface area contributed by atoms with Gasteiger partial charge in [-0.25, -0.2) is 0 Å². The first kappa shape index (κ1) is 14.5. The van der Waals surface area contributed by atoms with Crippen LogP contribution in [0.25, 0.3) is 0 Å². The van der Waals surface area contributed by atoms with E-state index in [9.17, 15) is 14.7 Å². The third kappa shape index (κ3) is 3.71. The Kier molecular flexibility index (Phi) is 5.46. The SMILES string of the molecule is CCC(C)SCCC1NC(=O)C(C(C)=O)C1O. The van der Waals surface area contributed by atoms with Crippen LogP contribution in [0, 0.1) is 5.92 Å². The van der Waals surface area contributed by atoms with Crippen LogP contribution in [0.4, 0.5) is 0 Å². The van der Waals surface area contributed by atoms with E-state index in [1.165, 1.54) is 6.92 Å². The first-order valence-corrected chi connectivity index (χ1v) is 7.12. The van der Waals surface area contributed by atoms with Gasteiger partial charge in [0.15, 0.2) is 0 Å². The van der Waals surface area contributed by atoms with E-state index in [0.29, 0.717) is 11.7 Å². The third-order valence-corrected chi connectivity index (χ3v) is 4.58. The summed E-state index contributed by atoms with van der Waals surface area (Å²) < 4.78 is 0. The zero-order valence-electron chi connectivity index (χ0n) is 10.6. The molecule has 0 aromatic heterocycles. The van der Waals surface area contributed by atoms with Crippen LogP contribution in [0.1, 0.15) is 33.6 Å². The fourth-order valence-electron chi connectivity index (χ4n) is 1.93. The van der Waals surface area contributed by atoms with E-state index >= 15 is 0 Å². The first-order chi connectivity index (χ1) is 7.97. The normalized spacial score (nSPS) is 30.1. The Bertz CT molecular complexity index is 295. The molecule has 1 aliphatic rings. The van der Waals surface area contributed by atoms with Crippen molar-refractivity contribution < 1.29 is 14.7 Å². The molecule has 1 aliphatic heterocycles. The van der Waals surface area contributed by atoms with Crippen molar-refractivity contribution in [3.63, 3.8) is 0 Å². The standard InChI is InChI=1S/C12H21NO3S/c1-4-7(2)17-6-5-9-11(15)10(8(3)14)12(16)13-9/h7,9-11,15H,4-6H2,1-3H3,(H,13,16). The van der Waals surface area contributed by atoms with Gasteiger partial charge in [0, 0.05) is 5.25 Å². The minimum atomic E-state index is -0.867. The highest BCUT2D eigenvalue weighted by molar-refractivity contribution is 7.99. The zero-order chi connectivity index (χ0) is 13.0. The molecule has 0 aromatic rings. The number of carbonyl (C=O) groups is 2. The number of nitrogens with one attached hydrogen (secondary N) is 1. The van der Waals surface area contributed by atoms with Crippen LogP contribution >= 0.6 is 11.8 Å². The summed E-state index contributed by atoms with van der Waals surface area (Å²) in [6.07, 6.45) is 0.962. The summed E-state index contributed by atoms with van der Waals surface area (Å²) in [6.45, 7) is 5.64. The largest absolute Gasteiger partial charge is 0.390 e. The van der Waals surface area contributed by atoms with Crippen molar-refractivity contribution in [2.45, 2.75) is 51.0 Å². The number of thioether (sulfide) groups is 1. The molecule has 0 saturated carbocycles. The number of ketones is 1. The van der Waals surface area contributed by atoms with Crippen molar-refractivity contribution in [2.75, 3.05) is 5.75 Å². The van der Waals surface area contributed by atoms with Gasteiger partial charge in [0.2, 0.25) is 5.91 Å².